The second kappa shape index (κ2) is 9.56. The fourth-order valence-corrected chi connectivity index (χ4v) is 4.68. The first kappa shape index (κ1) is 22.9. The minimum Gasteiger partial charge on any atom is -0.375 e. The van der Waals surface area contributed by atoms with E-state index in [0.29, 0.717) is 5.56 Å². The average molecular weight is 421 g/mol. The van der Waals surface area contributed by atoms with Crippen LogP contribution in [0.15, 0.2) is 42.0 Å². The molecule has 0 bridgehead atoms. The highest BCUT2D eigenvalue weighted by Crippen LogP contribution is 2.47. The van der Waals surface area contributed by atoms with Gasteiger partial charge >= 0.3 is 0 Å². The first-order valence-electron chi connectivity index (χ1n) is 11.0. The highest BCUT2D eigenvalue weighted by atomic mass is 19.3. The highest BCUT2D eigenvalue weighted by molar-refractivity contribution is 5.87. The zero-order valence-corrected chi connectivity index (χ0v) is 18.0. The Bertz CT molecular complexity index is 741. The SMILES string of the molecule is CC(C)=CCCN1CCC(NC(=O)C(O)(c2ccccc2)[C@@H]2CCC(F)(F)C2)CC1. The van der Waals surface area contributed by atoms with E-state index in [0.717, 1.165) is 38.9 Å². The smallest absolute Gasteiger partial charge is 0.257 e. The van der Waals surface area contributed by atoms with Gasteiger partial charge in [-0.1, -0.05) is 42.0 Å². The zero-order valence-electron chi connectivity index (χ0n) is 18.0. The van der Waals surface area contributed by atoms with Crippen LogP contribution in [-0.2, 0) is 10.4 Å². The normalized spacial score (nSPS) is 24.2. The number of likely N-dealkylation sites (tertiary alicyclic amines) is 1. The summed E-state index contributed by atoms with van der Waals surface area (Å²) in [6.07, 6.45) is 4.22. The summed E-state index contributed by atoms with van der Waals surface area (Å²) in [6, 6.07) is 8.51. The van der Waals surface area contributed by atoms with Gasteiger partial charge in [-0.25, -0.2) is 8.78 Å². The number of hydrogen-bond acceptors (Lipinski definition) is 3. The van der Waals surface area contributed by atoms with E-state index >= 15 is 0 Å². The molecule has 2 aliphatic rings. The molecule has 30 heavy (non-hydrogen) atoms. The number of rotatable bonds is 7. The van der Waals surface area contributed by atoms with E-state index in [9.17, 15) is 18.7 Å². The third-order valence-electron chi connectivity index (χ3n) is 6.48. The Morgan fingerprint density at radius 1 is 1.23 bits per heavy atom. The Labute approximate surface area is 178 Å². The van der Waals surface area contributed by atoms with Gasteiger partial charge in [0.15, 0.2) is 5.60 Å². The summed E-state index contributed by atoms with van der Waals surface area (Å²) in [7, 11) is 0. The molecule has 4 nitrogen and oxygen atoms in total. The second-order valence-corrected chi connectivity index (χ2v) is 9.09. The monoisotopic (exact) mass is 420 g/mol. The number of hydrogen-bond donors (Lipinski definition) is 2. The van der Waals surface area contributed by atoms with Crippen molar-refractivity contribution in [1.82, 2.24) is 10.2 Å². The number of carbonyl (C=O) groups is 1. The molecule has 1 aromatic carbocycles. The van der Waals surface area contributed by atoms with E-state index in [1.165, 1.54) is 5.57 Å². The largest absolute Gasteiger partial charge is 0.375 e. The van der Waals surface area contributed by atoms with Crippen molar-refractivity contribution in [3.8, 4) is 0 Å². The van der Waals surface area contributed by atoms with Gasteiger partial charge in [-0.05, 0) is 45.1 Å². The average Bonchev–Trinajstić information content (AvgIpc) is 3.09. The summed E-state index contributed by atoms with van der Waals surface area (Å²) in [5.74, 6) is -4.16. The van der Waals surface area contributed by atoms with Crippen molar-refractivity contribution in [3.63, 3.8) is 0 Å². The zero-order chi connectivity index (χ0) is 21.8. The van der Waals surface area contributed by atoms with Crippen molar-refractivity contribution in [2.45, 2.75) is 69.9 Å². The molecule has 0 aromatic heterocycles. The number of amides is 1. The molecule has 1 heterocycles. The van der Waals surface area contributed by atoms with E-state index in [1.54, 1.807) is 30.3 Å². The van der Waals surface area contributed by atoms with E-state index < -0.39 is 29.8 Å². The van der Waals surface area contributed by atoms with Gasteiger partial charge < -0.3 is 15.3 Å². The van der Waals surface area contributed by atoms with Crippen LogP contribution < -0.4 is 5.32 Å². The number of benzene rings is 1. The lowest BCUT2D eigenvalue weighted by Gasteiger charge is -2.37. The van der Waals surface area contributed by atoms with Gasteiger partial charge in [0.25, 0.3) is 5.91 Å². The first-order valence-corrected chi connectivity index (χ1v) is 11.0. The van der Waals surface area contributed by atoms with E-state index in [-0.39, 0.29) is 18.9 Å². The number of allylic oxidation sites excluding steroid dienone is 1. The molecule has 6 heteroatoms. The number of nitrogens with one attached hydrogen (secondary N) is 1. The molecule has 166 valence electrons. The summed E-state index contributed by atoms with van der Waals surface area (Å²) >= 11 is 0. The quantitative estimate of drug-likeness (QED) is 0.649. The van der Waals surface area contributed by atoms with Crippen LogP contribution in [0.3, 0.4) is 0 Å². The Morgan fingerprint density at radius 3 is 2.47 bits per heavy atom. The van der Waals surface area contributed by atoms with Crippen LogP contribution in [0.1, 0.15) is 57.9 Å². The highest BCUT2D eigenvalue weighted by Gasteiger charge is 2.53. The number of nitrogens with zero attached hydrogens (tertiary/aromatic N) is 1. The second-order valence-electron chi connectivity index (χ2n) is 9.09. The van der Waals surface area contributed by atoms with Gasteiger partial charge in [-0.3, -0.25) is 4.79 Å². The molecule has 1 aliphatic carbocycles. The molecule has 1 unspecified atom stereocenters. The molecule has 1 saturated carbocycles. The van der Waals surface area contributed by atoms with Crippen LogP contribution in [0.2, 0.25) is 0 Å². The molecular formula is C24H34F2N2O2. The lowest BCUT2D eigenvalue weighted by Crippen LogP contribution is -2.54. The predicted octanol–water partition coefficient (Wildman–Crippen LogP) is 4.25. The van der Waals surface area contributed by atoms with E-state index in [4.69, 9.17) is 0 Å². The van der Waals surface area contributed by atoms with Gasteiger partial charge in [0.1, 0.15) is 0 Å². The molecule has 2 atom stereocenters. The molecule has 2 N–H and O–H groups in total. The number of halogens is 2. The van der Waals surface area contributed by atoms with Crippen LogP contribution in [-0.4, -0.2) is 47.5 Å². The van der Waals surface area contributed by atoms with Crippen molar-refractivity contribution in [2.24, 2.45) is 5.92 Å². The maximum absolute atomic E-state index is 13.9. The van der Waals surface area contributed by atoms with E-state index in [2.05, 4.69) is 30.1 Å². The van der Waals surface area contributed by atoms with Crippen LogP contribution in [0.5, 0.6) is 0 Å². The third kappa shape index (κ3) is 5.46. The van der Waals surface area contributed by atoms with Gasteiger partial charge in [-0.2, -0.15) is 0 Å². The maximum atomic E-state index is 13.9. The number of piperidine rings is 1. The van der Waals surface area contributed by atoms with Gasteiger partial charge in [0, 0.05) is 44.4 Å². The van der Waals surface area contributed by atoms with Crippen molar-refractivity contribution < 1.29 is 18.7 Å². The lowest BCUT2D eigenvalue weighted by atomic mass is 9.79. The predicted molar refractivity (Wildman–Crippen MR) is 114 cm³/mol. The van der Waals surface area contributed by atoms with Crippen molar-refractivity contribution in [2.75, 3.05) is 19.6 Å². The molecular weight excluding hydrogens is 386 g/mol. The Morgan fingerprint density at radius 2 is 1.90 bits per heavy atom. The Balaban J connectivity index is 1.64. The standard InChI is InChI=1S/C24H34F2N2O2/c1-18(2)7-6-14-28-15-11-21(12-16-28)27-22(29)24(30,19-8-4-3-5-9-19)20-10-13-23(25,26)17-20/h3-5,7-9,20-21,30H,6,10-17H2,1-2H3,(H,27,29)/t20-,24?/m1/s1. The minimum atomic E-state index is -2.83. The third-order valence-corrected chi connectivity index (χ3v) is 6.48. The van der Waals surface area contributed by atoms with E-state index in [1.807, 2.05) is 0 Å². The van der Waals surface area contributed by atoms with Gasteiger partial charge in [0.05, 0.1) is 0 Å². The van der Waals surface area contributed by atoms with Crippen LogP contribution in [0, 0.1) is 5.92 Å². The maximum Gasteiger partial charge on any atom is 0.257 e. The first-order chi connectivity index (χ1) is 14.2. The van der Waals surface area contributed by atoms with Gasteiger partial charge in [0.2, 0.25) is 5.92 Å². The fraction of sp³-hybridized carbons (Fsp3) is 0.625. The molecule has 1 saturated heterocycles. The van der Waals surface area contributed by atoms with Crippen molar-refractivity contribution in [3.05, 3.63) is 47.5 Å². The summed E-state index contributed by atoms with van der Waals surface area (Å²) in [5, 5.41) is 14.5. The molecule has 3 rings (SSSR count). The topological polar surface area (TPSA) is 52.6 Å². The van der Waals surface area contributed by atoms with Crippen LogP contribution in [0.25, 0.3) is 0 Å². The lowest BCUT2D eigenvalue weighted by molar-refractivity contribution is -0.149. The number of aliphatic hydroxyl groups is 1. The summed E-state index contributed by atoms with van der Waals surface area (Å²) in [5.41, 5.74) is -0.221. The fourth-order valence-electron chi connectivity index (χ4n) is 4.68. The van der Waals surface area contributed by atoms with Crippen molar-refractivity contribution >= 4 is 5.91 Å². The summed E-state index contributed by atoms with van der Waals surface area (Å²) < 4.78 is 27.8. The Kier molecular flexibility index (Phi) is 7.30. The summed E-state index contributed by atoms with van der Waals surface area (Å²) in [4.78, 5) is 15.6. The molecule has 0 spiro atoms. The molecule has 1 aliphatic heterocycles. The molecule has 1 aromatic rings. The summed E-state index contributed by atoms with van der Waals surface area (Å²) in [6.45, 7) is 6.95. The number of carbonyl (C=O) groups excluding carboxylic acids is 1. The molecule has 2 fully saturated rings. The molecule has 0 radical (unpaired) electrons. The minimum absolute atomic E-state index is 0.0469. The van der Waals surface area contributed by atoms with Crippen molar-refractivity contribution in [1.29, 1.82) is 0 Å². The van der Waals surface area contributed by atoms with Gasteiger partial charge in [-0.15, -0.1) is 0 Å². The number of alkyl halides is 2. The van der Waals surface area contributed by atoms with Crippen LogP contribution >= 0.6 is 0 Å². The van der Waals surface area contributed by atoms with Crippen LogP contribution in [0.4, 0.5) is 8.78 Å². The Hall–Kier alpha value is -1.79. The molecule has 1 amide bonds.